The Hall–Kier alpha value is -1.37. The molecule has 0 aliphatic heterocycles. The van der Waals surface area contributed by atoms with Gasteiger partial charge in [0.2, 0.25) is 5.69 Å². The van der Waals surface area contributed by atoms with Crippen molar-refractivity contribution in [2.24, 2.45) is 5.73 Å². The van der Waals surface area contributed by atoms with Crippen molar-refractivity contribution in [3.8, 4) is 0 Å². The van der Waals surface area contributed by atoms with Crippen LogP contribution in [0.3, 0.4) is 0 Å². The van der Waals surface area contributed by atoms with E-state index in [1.807, 2.05) is 0 Å². The summed E-state index contributed by atoms with van der Waals surface area (Å²) in [6.07, 6.45) is 0. The van der Waals surface area contributed by atoms with E-state index in [0.29, 0.717) is 0 Å². The number of halogens is 1. The van der Waals surface area contributed by atoms with Gasteiger partial charge in [-0.25, -0.2) is 0 Å². The van der Waals surface area contributed by atoms with Crippen LogP contribution >= 0.6 is 16.1 Å². The molecular formula is C5H4BrN3O3. The molecule has 0 aromatic carbocycles. The van der Waals surface area contributed by atoms with E-state index in [2.05, 4.69) is 16.1 Å². The van der Waals surface area contributed by atoms with Crippen molar-refractivity contribution in [2.75, 3.05) is 0 Å². The summed E-state index contributed by atoms with van der Waals surface area (Å²) in [4.78, 5) is 20.2. The van der Waals surface area contributed by atoms with Crippen molar-refractivity contribution in [1.82, 2.24) is 3.59 Å². The lowest BCUT2D eigenvalue weighted by Gasteiger charge is -1.92. The van der Waals surface area contributed by atoms with Crippen molar-refractivity contribution >= 4 is 27.9 Å². The zero-order valence-electron chi connectivity index (χ0n) is 5.73. The molecule has 1 aromatic heterocycles. The number of carbonyl (C=O) groups is 1. The van der Waals surface area contributed by atoms with Crippen LogP contribution in [0.25, 0.3) is 0 Å². The van der Waals surface area contributed by atoms with E-state index in [0.717, 1.165) is 3.59 Å². The average molecular weight is 234 g/mol. The lowest BCUT2D eigenvalue weighted by Crippen LogP contribution is -2.13. The quantitative estimate of drug-likeness (QED) is 0.601. The molecule has 0 unspecified atom stereocenters. The van der Waals surface area contributed by atoms with E-state index in [1.54, 1.807) is 0 Å². The predicted molar refractivity (Wildman–Crippen MR) is 43.9 cm³/mol. The highest BCUT2D eigenvalue weighted by molar-refractivity contribution is 9.08. The molecule has 0 radical (unpaired) electrons. The Bertz CT molecular complexity index is 314. The molecule has 1 aromatic rings. The molecule has 6 nitrogen and oxygen atoms in total. The summed E-state index contributed by atoms with van der Waals surface area (Å²) < 4.78 is 0.954. The first-order valence-electron chi connectivity index (χ1n) is 2.86. The predicted octanol–water partition coefficient (Wildman–Crippen LogP) is 0.653. The minimum atomic E-state index is -0.722. The molecule has 0 bridgehead atoms. The maximum absolute atomic E-state index is 10.6. The molecule has 2 N–H and O–H groups in total. The fraction of sp³-hybridized carbons (Fsp3) is 0. The summed E-state index contributed by atoms with van der Waals surface area (Å²) in [6, 6.07) is 2.46. The largest absolute Gasteiger partial charge is 0.362 e. The third kappa shape index (κ3) is 1.30. The topological polar surface area (TPSA) is 91.2 Å². The van der Waals surface area contributed by atoms with E-state index in [9.17, 15) is 14.9 Å². The van der Waals surface area contributed by atoms with Crippen molar-refractivity contribution in [2.45, 2.75) is 0 Å². The van der Waals surface area contributed by atoms with Gasteiger partial charge in [0, 0.05) is 6.07 Å². The second-order valence-corrected chi connectivity index (χ2v) is 2.69. The van der Waals surface area contributed by atoms with Gasteiger partial charge in [-0.3, -0.25) is 4.79 Å². The first-order chi connectivity index (χ1) is 5.54. The van der Waals surface area contributed by atoms with Crippen LogP contribution in [0.5, 0.6) is 0 Å². The van der Waals surface area contributed by atoms with Crippen molar-refractivity contribution < 1.29 is 9.72 Å². The minimum Gasteiger partial charge on any atom is -0.362 e. The number of aromatic nitrogens is 1. The fourth-order valence-corrected chi connectivity index (χ4v) is 1.26. The van der Waals surface area contributed by atoms with E-state index in [-0.39, 0.29) is 11.5 Å². The zero-order valence-corrected chi connectivity index (χ0v) is 7.32. The van der Waals surface area contributed by atoms with Gasteiger partial charge in [-0.2, -0.15) is 0 Å². The summed E-state index contributed by atoms with van der Waals surface area (Å²) in [5.74, 6) is -0.955. The van der Waals surface area contributed by atoms with E-state index in [4.69, 9.17) is 5.73 Å². The molecule has 0 spiro atoms. The van der Waals surface area contributed by atoms with Gasteiger partial charge in [0.25, 0.3) is 5.91 Å². The van der Waals surface area contributed by atoms with Gasteiger partial charge in [0.05, 0.1) is 0 Å². The van der Waals surface area contributed by atoms with Crippen molar-refractivity contribution in [3.05, 3.63) is 27.9 Å². The molecule has 0 aliphatic carbocycles. The van der Waals surface area contributed by atoms with Crippen LogP contribution in [0.4, 0.5) is 5.82 Å². The van der Waals surface area contributed by atoms with Crippen molar-refractivity contribution in [1.29, 1.82) is 0 Å². The monoisotopic (exact) mass is 233 g/mol. The highest BCUT2D eigenvalue weighted by atomic mass is 79.9. The van der Waals surface area contributed by atoms with Gasteiger partial charge in [0.15, 0.2) is 16.1 Å². The smallest absolute Gasteiger partial charge is 0.334 e. The van der Waals surface area contributed by atoms with Crippen molar-refractivity contribution in [3.63, 3.8) is 0 Å². The van der Waals surface area contributed by atoms with Crippen LogP contribution in [0.2, 0.25) is 0 Å². The summed E-state index contributed by atoms with van der Waals surface area (Å²) in [5.41, 5.74) is 4.96. The van der Waals surface area contributed by atoms with E-state index >= 15 is 0 Å². The molecule has 7 heteroatoms. The third-order valence-electron chi connectivity index (χ3n) is 1.24. The Morgan fingerprint density at radius 1 is 1.67 bits per heavy atom. The standard InChI is InChI=1S/C5H4BrN3O3/c6-8-3(5(7)10)1-2-4(8)9(11)12/h1-2H,(H2,7,10). The molecule has 0 atom stereocenters. The molecule has 12 heavy (non-hydrogen) atoms. The number of amides is 1. The summed E-state index contributed by atoms with van der Waals surface area (Å²) in [5, 5.41) is 10.3. The number of rotatable bonds is 2. The van der Waals surface area contributed by atoms with Gasteiger partial charge >= 0.3 is 5.82 Å². The number of nitro groups is 1. The second-order valence-electron chi connectivity index (χ2n) is 1.98. The number of hydrogen-bond donors (Lipinski definition) is 1. The minimum absolute atomic E-state index is 0.0432. The Balaban J connectivity index is 3.22. The first-order valence-corrected chi connectivity index (χ1v) is 3.57. The Morgan fingerprint density at radius 3 is 2.50 bits per heavy atom. The molecule has 64 valence electrons. The number of nitrogens with two attached hydrogens (primary N) is 1. The number of primary amides is 1. The van der Waals surface area contributed by atoms with Gasteiger partial charge in [0.1, 0.15) is 0 Å². The van der Waals surface area contributed by atoms with Gasteiger partial charge < -0.3 is 15.8 Å². The maximum Gasteiger partial charge on any atom is 0.334 e. The van der Waals surface area contributed by atoms with E-state index < -0.39 is 10.8 Å². The Morgan fingerprint density at radius 2 is 2.25 bits per heavy atom. The molecule has 1 amide bonds. The lowest BCUT2D eigenvalue weighted by atomic mass is 10.4. The first kappa shape index (κ1) is 8.72. The Kier molecular flexibility index (Phi) is 2.13. The van der Waals surface area contributed by atoms with E-state index in [1.165, 1.54) is 12.1 Å². The molecule has 1 rings (SSSR count). The molecule has 0 saturated heterocycles. The maximum atomic E-state index is 10.6. The van der Waals surface area contributed by atoms with Crippen LogP contribution in [-0.4, -0.2) is 14.4 Å². The van der Waals surface area contributed by atoms with Gasteiger partial charge in [-0.1, -0.05) is 0 Å². The molecule has 1 heterocycles. The Labute approximate surface area is 75.4 Å². The lowest BCUT2D eigenvalue weighted by molar-refractivity contribution is -0.389. The van der Waals surface area contributed by atoms with Crippen LogP contribution in [-0.2, 0) is 0 Å². The van der Waals surface area contributed by atoms with Gasteiger partial charge in [-0.15, -0.1) is 3.59 Å². The highest BCUT2D eigenvalue weighted by Gasteiger charge is 2.19. The fourth-order valence-electron chi connectivity index (χ4n) is 0.719. The summed E-state index contributed by atoms with van der Waals surface area (Å²) in [6.45, 7) is 0. The second kappa shape index (κ2) is 2.94. The van der Waals surface area contributed by atoms with Gasteiger partial charge in [-0.05, 0) is 11.0 Å². The third-order valence-corrected chi connectivity index (χ3v) is 1.99. The summed E-state index contributed by atoms with van der Waals surface area (Å²) in [7, 11) is 0. The average Bonchev–Trinajstić information content (AvgIpc) is 2.30. The summed E-state index contributed by atoms with van der Waals surface area (Å²) >= 11 is 2.83. The molecule has 0 aliphatic rings. The van der Waals surface area contributed by atoms with Crippen LogP contribution in [0.1, 0.15) is 10.5 Å². The number of carbonyl (C=O) groups excluding carboxylic acids is 1. The number of nitrogens with zero attached hydrogens (tertiary/aromatic N) is 2. The van der Waals surface area contributed by atoms with Crippen LogP contribution in [0, 0.1) is 10.1 Å². The highest BCUT2D eigenvalue weighted by Crippen LogP contribution is 2.18. The number of hydrogen-bond acceptors (Lipinski definition) is 3. The zero-order chi connectivity index (χ0) is 9.30. The molecular weight excluding hydrogens is 230 g/mol. The molecule has 0 saturated carbocycles. The SMILES string of the molecule is NC(=O)c1ccc([N+](=O)[O-])n1Br. The normalized spacial score (nSPS) is 9.75. The van der Waals surface area contributed by atoms with Crippen LogP contribution < -0.4 is 5.73 Å². The van der Waals surface area contributed by atoms with Crippen LogP contribution in [0.15, 0.2) is 12.1 Å². The molecule has 0 fully saturated rings.